The Balaban J connectivity index is 2.86. The van der Waals surface area contributed by atoms with Crippen LogP contribution in [0.5, 0.6) is 0 Å². The van der Waals surface area contributed by atoms with Gasteiger partial charge in [-0.1, -0.05) is 13.8 Å². The van der Waals surface area contributed by atoms with Gasteiger partial charge < -0.3 is 26.0 Å². The zero-order valence-corrected chi connectivity index (χ0v) is 15.3. The third kappa shape index (κ3) is 6.20. The monoisotopic (exact) mass is 394 g/mol. The molecule has 4 atom stereocenters. The molecule has 1 aromatic rings. The largest absolute Gasteiger partial charge is 0.462 e. The van der Waals surface area contributed by atoms with Gasteiger partial charge in [-0.2, -0.15) is 4.98 Å². The second-order valence-corrected chi connectivity index (χ2v) is 6.28. The molecular formula is C15H24ClFN4O5. The van der Waals surface area contributed by atoms with Crippen molar-refractivity contribution in [2.45, 2.75) is 38.4 Å². The molecule has 148 valence electrons. The Labute approximate surface area is 155 Å². The van der Waals surface area contributed by atoms with Crippen LogP contribution in [0.4, 0.5) is 10.2 Å². The van der Waals surface area contributed by atoms with Gasteiger partial charge in [-0.05, 0) is 12.0 Å². The first kappa shape index (κ1) is 22.3. The highest BCUT2D eigenvalue weighted by Crippen LogP contribution is 2.19. The Bertz CT molecular complexity index is 645. The maximum Gasteiger partial charge on any atom is 0.351 e. The zero-order chi connectivity index (χ0) is 19.9. The number of rotatable bonds is 10. The third-order valence-corrected chi connectivity index (χ3v) is 3.67. The van der Waals surface area contributed by atoms with E-state index >= 15 is 0 Å². The van der Waals surface area contributed by atoms with Crippen molar-refractivity contribution < 1.29 is 23.8 Å². The number of anilines is 1. The fourth-order valence-electron chi connectivity index (χ4n) is 1.93. The number of nitrogen functional groups attached to an aromatic ring is 1. The van der Waals surface area contributed by atoms with E-state index in [1.54, 1.807) is 13.8 Å². The highest BCUT2D eigenvalue weighted by Gasteiger charge is 2.33. The maximum absolute atomic E-state index is 14.7. The van der Waals surface area contributed by atoms with Crippen LogP contribution in [0.2, 0.25) is 0 Å². The first-order valence-electron chi connectivity index (χ1n) is 7.95. The second-order valence-electron chi connectivity index (χ2n) is 5.90. The molecule has 0 fully saturated rings. The van der Waals surface area contributed by atoms with E-state index in [4.69, 9.17) is 32.5 Å². The number of hydrogen-bond donors (Lipinski definition) is 3. The smallest absolute Gasteiger partial charge is 0.351 e. The molecule has 0 bridgehead atoms. The summed E-state index contributed by atoms with van der Waals surface area (Å²) in [5.74, 6) is -0.958. The van der Waals surface area contributed by atoms with Gasteiger partial charge in [-0.25, -0.2) is 9.18 Å². The number of alkyl halides is 2. The molecule has 0 radical (unpaired) electrons. The highest BCUT2D eigenvalue weighted by atomic mass is 35.5. The molecule has 1 rings (SSSR count). The number of ether oxygens (including phenoxy) is 2. The third-order valence-electron chi connectivity index (χ3n) is 3.52. The van der Waals surface area contributed by atoms with E-state index in [1.807, 2.05) is 0 Å². The molecule has 26 heavy (non-hydrogen) atoms. The van der Waals surface area contributed by atoms with E-state index in [2.05, 4.69) is 4.98 Å². The van der Waals surface area contributed by atoms with Crippen molar-refractivity contribution in [3.05, 3.63) is 22.7 Å². The molecule has 0 aliphatic heterocycles. The normalized spacial score (nSPS) is 16.1. The number of carbonyl (C=O) groups excluding carboxylic acids is 1. The summed E-state index contributed by atoms with van der Waals surface area (Å²) in [6.07, 6.45) is -4.21. The number of nitrogens with two attached hydrogens (primary N) is 2. The summed E-state index contributed by atoms with van der Waals surface area (Å²) in [4.78, 5) is 27.1. The number of aliphatic hydroxyl groups excluding tert-OH is 1. The lowest BCUT2D eigenvalue weighted by atomic mass is 10.1. The van der Waals surface area contributed by atoms with Crippen LogP contribution in [-0.4, -0.2) is 58.0 Å². The Kier molecular flexibility index (Phi) is 8.93. The van der Waals surface area contributed by atoms with E-state index in [1.165, 1.54) is 12.3 Å². The SMILES string of the molecule is CC(C)C(N)C(=O)OC[C@@H](O)[C@@H](F)[C@@H](OCCCl)n1ccc(N)nc1=O. The quantitative estimate of drug-likeness (QED) is 0.366. The number of carbonyl (C=O) groups is 1. The molecule has 0 aliphatic carbocycles. The van der Waals surface area contributed by atoms with Gasteiger partial charge in [0.15, 0.2) is 12.4 Å². The fraction of sp³-hybridized carbons (Fsp3) is 0.667. The predicted molar refractivity (Wildman–Crippen MR) is 93.3 cm³/mol. The topological polar surface area (TPSA) is 143 Å². The molecule has 0 spiro atoms. The lowest BCUT2D eigenvalue weighted by molar-refractivity contribution is -0.154. The standard InChI is InChI=1S/C15H24ClFN4O5/c1-8(2)12(19)14(23)26-7-9(22)11(17)13(25-6-4-16)21-5-3-10(18)20-15(21)24/h3,5,8-9,11-13,22H,4,6-7,19H2,1-2H3,(H2,18,20,24)/t9-,11-,12?,13-/m1/s1. The van der Waals surface area contributed by atoms with Crippen LogP contribution >= 0.6 is 11.6 Å². The van der Waals surface area contributed by atoms with Crippen molar-refractivity contribution in [3.63, 3.8) is 0 Å². The van der Waals surface area contributed by atoms with Gasteiger partial charge in [0, 0.05) is 12.1 Å². The number of esters is 1. The Morgan fingerprint density at radius 2 is 2.15 bits per heavy atom. The lowest BCUT2D eigenvalue weighted by Gasteiger charge is -2.26. The molecular weight excluding hydrogens is 371 g/mol. The number of aliphatic hydroxyl groups is 1. The van der Waals surface area contributed by atoms with Crippen LogP contribution in [0.25, 0.3) is 0 Å². The van der Waals surface area contributed by atoms with Crippen LogP contribution in [0.3, 0.4) is 0 Å². The molecule has 1 aromatic heterocycles. The van der Waals surface area contributed by atoms with Gasteiger partial charge in [0.25, 0.3) is 0 Å². The van der Waals surface area contributed by atoms with E-state index in [0.717, 1.165) is 4.57 Å². The van der Waals surface area contributed by atoms with Gasteiger partial charge >= 0.3 is 11.7 Å². The van der Waals surface area contributed by atoms with Crippen LogP contribution in [0, 0.1) is 5.92 Å². The van der Waals surface area contributed by atoms with E-state index in [-0.39, 0.29) is 24.2 Å². The van der Waals surface area contributed by atoms with Gasteiger partial charge in [-0.15, -0.1) is 11.6 Å². The molecule has 1 unspecified atom stereocenters. The van der Waals surface area contributed by atoms with Crippen LogP contribution < -0.4 is 17.2 Å². The molecule has 5 N–H and O–H groups in total. The van der Waals surface area contributed by atoms with E-state index in [0.29, 0.717) is 0 Å². The number of nitrogens with zero attached hydrogens (tertiary/aromatic N) is 2. The molecule has 0 saturated carbocycles. The van der Waals surface area contributed by atoms with Crippen LogP contribution in [0.1, 0.15) is 20.1 Å². The van der Waals surface area contributed by atoms with E-state index < -0.39 is 42.8 Å². The molecule has 0 saturated heterocycles. The van der Waals surface area contributed by atoms with Crippen molar-refractivity contribution in [1.82, 2.24) is 9.55 Å². The first-order valence-corrected chi connectivity index (χ1v) is 8.49. The average Bonchev–Trinajstić information content (AvgIpc) is 2.59. The summed E-state index contributed by atoms with van der Waals surface area (Å²) >= 11 is 5.53. The van der Waals surface area contributed by atoms with Crippen LogP contribution in [0.15, 0.2) is 17.1 Å². The van der Waals surface area contributed by atoms with Crippen molar-refractivity contribution in [2.24, 2.45) is 11.7 Å². The summed E-state index contributed by atoms with van der Waals surface area (Å²) in [6.45, 7) is 2.69. The number of hydrogen-bond acceptors (Lipinski definition) is 8. The zero-order valence-electron chi connectivity index (χ0n) is 14.5. The average molecular weight is 395 g/mol. The maximum atomic E-state index is 14.7. The van der Waals surface area contributed by atoms with Crippen molar-refractivity contribution in [3.8, 4) is 0 Å². The molecule has 11 heteroatoms. The van der Waals surface area contributed by atoms with Crippen molar-refractivity contribution >= 4 is 23.4 Å². The van der Waals surface area contributed by atoms with Crippen molar-refractivity contribution in [1.29, 1.82) is 0 Å². The first-order chi connectivity index (χ1) is 12.2. The lowest BCUT2D eigenvalue weighted by Crippen LogP contribution is -2.43. The van der Waals surface area contributed by atoms with Gasteiger partial charge in [0.2, 0.25) is 0 Å². The Morgan fingerprint density at radius 3 is 2.69 bits per heavy atom. The van der Waals surface area contributed by atoms with Gasteiger partial charge in [0.05, 0.1) is 6.61 Å². The van der Waals surface area contributed by atoms with E-state index in [9.17, 15) is 19.1 Å². The minimum atomic E-state index is -2.11. The number of aromatic nitrogens is 2. The van der Waals surface area contributed by atoms with Crippen molar-refractivity contribution in [2.75, 3.05) is 24.8 Å². The molecule has 0 amide bonds. The van der Waals surface area contributed by atoms with Gasteiger partial charge in [0.1, 0.15) is 24.6 Å². The molecule has 9 nitrogen and oxygen atoms in total. The highest BCUT2D eigenvalue weighted by molar-refractivity contribution is 6.17. The summed E-state index contributed by atoms with van der Waals surface area (Å²) < 4.78 is 25.6. The summed E-state index contributed by atoms with van der Waals surface area (Å²) in [5, 5.41) is 10.00. The molecule has 1 heterocycles. The summed E-state index contributed by atoms with van der Waals surface area (Å²) in [6, 6.07) is 0.381. The summed E-state index contributed by atoms with van der Waals surface area (Å²) in [5.41, 5.74) is 10.2. The Hall–Kier alpha value is -1.75. The minimum Gasteiger partial charge on any atom is -0.462 e. The van der Waals surface area contributed by atoms with Crippen LogP contribution in [-0.2, 0) is 14.3 Å². The van der Waals surface area contributed by atoms with Gasteiger partial charge in [-0.3, -0.25) is 9.36 Å². The fourth-order valence-corrected chi connectivity index (χ4v) is 2.02. The number of halogens is 2. The minimum absolute atomic E-state index is 0.0364. The molecule has 0 aliphatic rings. The summed E-state index contributed by atoms with van der Waals surface area (Å²) in [7, 11) is 0. The predicted octanol–water partition coefficient (Wildman–Crippen LogP) is -0.195. The molecule has 0 aromatic carbocycles. The Morgan fingerprint density at radius 1 is 1.50 bits per heavy atom. The second kappa shape index (κ2) is 10.4.